The molecule has 0 spiro atoms. The largest absolute Gasteiger partial charge is 0.390 e. The maximum atomic E-state index is 12.3. The summed E-state index contributed by atoms with van der Waals surface area (Å²) in [5.41, 5.74) is 4.17. The van der Waals surface area contributed by atoms with Gasteiger partial charge in [-0.25, -0.2) is 9.98 Å². The fraction of sp³-hybridized carbons (Fsp3) is 0.333. The summed E-state index contributed by atoms with van der Waals surface area (Å²) in [6.07, 6.45) is -3.24. The number of guanidine groups is 1. The first-order valence-electron chi connectivity index (χ1n) is 9.51. The molecule has 0 unspecified atom stereocenters. The zero-order chi connectivity index (χ0) is 20.7. The first-order valence-corrected chi connectivity index (χ1v) is 9.51. The Kier molecular flexibility index (Phi) is 6.74. The van der Waals surface area contributed by atoms with Crippen LogP contribution in [-0.4, -0.2) is 34.8 Å². The number of aliphatic imine (C=N–C) groups is 1. The smallest absolute Gasteiger partial charge is 0.357 e. The molecule has 0 amide bonds. The van der Waals surface area contributed by atoms with E-state index in [0.717, 1.165) is 22.2 Å². The molecular weight excluding hydrogens is 379 g/mol. The van der Waals surface area contributed by atoms with E-state index in [1.165, 1.54) is 0 Å². The molecule has 3 aromatic rings. The zero-order valence-corrected chi connectivity index (χ0v) is 16.2. The molecule has 5 nitrogen and oxygen atoms in total. The second kappa shape index (κ2) is 9.45. The van der Waals surface area contributed by atoms with E-state index in [1.807, 2.05) is 61.8 Å². The number of benzene rings is 2. The lowest BCUT2D eigenvalue weighted by molar-refractivity contribution is -0.132. The van der Waals surface area contributed by atoms with Gasteiger partial charge in [-0.2, -0.15) is 13.2 Å². The molecule has 0 saturated heterocycles. The summed E-state index contributed by atoms with van der Waals surface area (Å²) in [5, 5.41) is 5.67. The van der Waals surface area contributed by atoms with Gasteiger partial charge in [0.05, 0.1) is 30.3 Å². The number of aromatic nitrogens is 2. The maximum Gasteiger partial charge on any atom is 0.390 e. The van der Waals surface area contributed by atoms with Crippen molar-refractivity contribution in [3.63, 3.8) is 0 Å². The molecule has 29 heavy (non-hydrogen) atoms. The van der Waals surface area contributed by atoms with E-state index >= 15 is 0 Å². The third-order valence-corrected chi connectivity index (χ3v) is 4.37. The summed E-state index contributed by atoms with van der Waals surface area (Å²) in [7, 11) is 0. The zero-order valence-electron chi connectivity index (χ0n) is 16.2. The monoisotopic (exact) mass is 403 g/mol. The van der Waals surface area contributed by atoms with Gasteiger partial charge >= 0.3 is 6.18 Å². The minimum Gasteiger partial charge on any atom is -0.357 e. The van der Waals surface area contributed by atoms with Crippen molar-refractivity contribution in [2.75, 3.05) is 13.1 Å². The second-order valence-corrected chi connectivity index (χ2v) is 6.66. The van der Waals surface area contributed by atoms with Gasteiger partial charge in [-0.15, -0.1) is 0 Å². The number of nitrogens with zero attached hydrogens (tertiary/aromatic N) is 3. The fourth-order valence-electron chi connectivity index (χ4n) is 2.92. The standard InChI is InChI=1S/C21H24F3N5/c1-2-25-20(26-12-11-21(22,23)24)27-13-16-7-9-17(10-8-16)14-29-15-28-18-5-3-4-6-19(18)29/h3-10,15H,2,11-14H2,1H3,(H2,25,26,27). The Morgan fingerprint density at radius 3 is 2.48 bits per heavy atom. The van der Waals surface area contributed by atoms with Crippen molar-refractivity contribution >= 4 is 17.0 Å². The van der Waals surface area contributed by atoms with E-state index in [4.69, 9.17) is 0 Å². The van der Waals surface area contributed by atoms with Crippen LogP contribution in [0.1, 0.15) is 24.5 Å². The van der Waals surface area contributed by atoms with Crippen molar-refractivity contribution < 1.29 is 13.2 Å². The van der Waals surface area contributed by atoms with Gasteiger partial charge in [-0.3, -0.25) is 0 Å². The van der Waals surface area contributed by atoms with Crippen molar-refractivity contribution in [3.05, 3.63) is 66.0 Å². The topological polar surface area (TPSA) is 54.2 Å². The van der Waals surface area contributed by atoms with Crippen molar-refractivity contribution in [2.45, 2.75) is 32.6 Å². The average Bonchev–Trinajstić information content (AvgIpc) is 3.09. The van der Waals surface area contributed by atoms with Gasteiger partial charge in [0, 0.05) is 19.6 Å². The summed E-state index contributed by atoms with van der Waals surface area (Å²) in [4.78, 5) is 8.76. The minimum absolute atomic E-state index is 0.201. The van der Waals surface area contributed by atoms with Crippen LogP contribution in [-0.2, 0) is 13.1 Å². The van der Waals surface area contributed by atoms with Crippen LogP contribution >= 0.6 is 0 Å². The quantitative estimate of drug-likeness (QED) is 0.462. The van der Waals surface area contributed by atoms with Crippen molar-refractivity contribution in [1.29, 1.82) is 0 Å². The van der Waals surface area contributed by atoms with E-state index in [-0.39, 0.29) is 6.54 Å². The second-order valence-electron chi connectivity index (χ2n) is 6.66. The van der Waals surface area contributed by atoms with Gasteiger partial charge in [-0.05, 0) is 30.2 Å². The fourth-order valence-corrected chi connectivity index (χ4v) is 2.92. The molecule has 0 radical (unpaired) electrons. The summed E-state index contributed by atoms with van der Waals surface area (Å²) >= 11 is 0. The molecule has 0 saturated carbocycles. The number of fused-ring (bicyclic) bond motifs is 1. The molecule has 1 aromatic heterocycles. The summed E-state index contributed by atoms with van der Waals surface area (Å²) in [6.45, 7) is 3.35. The summed E-state index contributed by atoms with van der Waals surface area (Å²) in [6, 6.07) is 16.0. The van der Waals surface area contributed by atoms with Gasteiger partial charge in [0.2, 0.25) is 0 Å². The molecule has 0 atom stereocenters. The molecule has 8 heteroatoms. The van der Waals surface area contributed by atoms with Crippen LogP contribution in [0.15, 0.2) is 59.9 Å². The number of rotatable bonds is 7. The lowest BCUT2D eigenvalue weighted by atomic mass is 10.1. The van der Waals surface area contributed by atoms with Crippen LogP contribution in [0.5, 0.6) is 0 Å². The lowest BCUT2D eigenvalue weighted by Gasteiger charge is -2.12. The van der Waals surface area contributed by atoms with Crippen LogP contribution in [0, 0.1) is 0 Å². The van der Waals surface area contributed by atoms with Crippen molar-refractivity contribution in [1.82, 2.24) is 20.2 Å². The third-order valence-electron chi connectivity index (χ3n) is 4.37. The third kappa shape index (κ3) is 6.23. The molecule has 2 N–H and O–H groups in total. The molecular formula is C21H24F3N5. The first-order chi connectivity index (χ1) is 13.9. The SMILES string of the molecule is CCNC(=NCc1ccc(Cn2cnc3ccccc32)cc1)NCCC(F)(F)F. The number of nitrogens with one attached hydrogen (secondary N) is 2. The Morgan fingerprint density at radius 1 is 1.03 bits per heavy atom. The minimum atomic E-state index is -4.18. The van der Waals surface area contributed by atoms with Gasteiger partial charge in [0.15, 0.2) is 5.96 Å². The molecule has 3 rings (SSSR count). The van der Waals surface area contributed by atoms with Gasteiger partial charge < -0.3 is 15.2 Å². The van der Waals surface area contributed by atoms with Crippen LogP contribution < -0.4 is 10.6 Å². The predicted molar refractivity (Wildman–Crippen MR) is 109 cm³/mol. The van der Waals surface area contributed by atoms with Gasteiger partial charge in [0.25, 0.3) is 0 Å². The summed E-state index contributed by atoms with van der Waals surface area (Å²) < 4.78 is 39.0. The Labute approximate surface area is 167 Å². The van der Waals surface area contributed by atoms with E-state index in [0.29, 0.717) is 25.6 Å². The Hall–Kier alpha value is -3.03. The highest BCUT2D eigenvalue weighted by Crippen LogP contribution is 2.18. The average molecular weight is 403 g/mol. The van der Waals surface area contributed by atoms with E-state index in [9.17, 15) is 13.2 Å². The molecule has 1 heterocycles. The van der Waals surface area contributed by atoms with Crippen molar-refractivity contribution in [3.8, 4) is 0 Å². The summed E-state index contributed by atoms with van der Waals surface area (Å²) in [5.74, 6) is 0.380. The number of halogens is 3. The van der Waals surface area contributed by atoms with Crippen LogP contribution in [0.2, 0.25) is 0 Å². The van der Waals surface area contributed by atoms with Crippen LogP contribution in [0.25, 0.3) is 11.0 Å². The van der Waals surface area contributed by atoms with Crippen LogP contribution in [0.3, 0.4) is 0 Å². The lowest BCUT2D eigenvalue weighted by Crippen LogP contribution is -2.38. The molecule has 154 valence electrons. The van der Waals surface area contributed by atoms with Gasteiger partial charge in [0.1, 0.15) is 0 Å². The molecule has 0 aliphatic rings. The highest BCUT2D eigenvalue weighted by Gasteiger charge is 2.26. The number of alkyl halides is 3. The molecule has 0 aliphatic heterocycles. The first kappa shape index (κ1) is 20.7. The number of para-hydroxylation sites is 2. The Morgan fingerprint density at radius 2 is 1.76 bits per heavy atom. The number of hydrogen-bond donors (Lipinski definition) is 2. The molecule has 0 fully saturated rings. The predicted octanol–water partition coefficient (Wildman–Crippen LogP) is 4.09. The molecule has 0 aliphatic carbocycles. The normalized spacial score (nSPS) is 12.3. The highest BCUT2D eigenvalue weighted by atomic mass is 19.4. The van der Waals surface area contributed by atoms with Crippen LogP contribution in [0.4, 0.5) is 13.2 Å². The van der Waals surface area contributed by atoms with E-state index in [2.05, 4.69) is 25.2 Å². The Bertz CT molecular complexity index is 945. The number of imidazole rings is 1. The molecule has 2 aromatic carbocycles. The number of hydrogen-bond acceptors (Lipinski definition) is 2. The van der Waals surface area contributed by atoms with Crippen molar-refractivity contribution in [2.24, 2.45) is 4.99 Å². The Balaban J connectivity index is 1.59. The molecule has 0 bridgehead atoms. The van der Waals surface area contributed by atoms with Gasteiger partial charge in [-0.1, -0.05) is 36.4 Å². The highest BCUT2D eigenvalue weighted by molar-refractivity contribution is 5.79. The van der Waals surface area contributed by atoms with E-state index < -0.39 is 12.6 Å². The maximum absolute atomic E-state index is 12.3. The van der Waals surface area contributed by atoms with E-state index in [1.54, 1.807) is 0 Å².